The van der Waals surface area contributed by atoms with Gasteiger partial charge in [-0.1, -0.05) is 25.0 Å². The number of nitriles is 1. The Morgan fingerprint density at radius 3 is 2.75 bits per heavy atom. The fourth-order valence-corrected chi connectivity index (χ4v) is 3.93. The van der Waals surface area contributed by atoms with Gasteiger partial charge in [0, 0.05) is 18.2 Å². The summed E-state index contributed by atoms with van der Waals surface area (Å²) in [6, 6.07) is 7.72. The summed E-state index contributed by atoms with van der Waals surface area (Å²) >= 11 is 0. The van der Waals surface area contributed by atoms with Gasteiger partial charge in [-0.25, -0.2) is 4.39 Å². The van der Waals surface area contributed by atoms with E-state index in [-0.39, 0.29) is 11.4 Å². The van der Waals surface area contributed by atoms with E-state index in [0.717, 1.165) is 12.5 Å². The van der Waals surface area contributed by atoms with Gasteiger partial charge < -0.3 is 0 Å². The fraction of sp³-hybridized carbons (Fsp3) is 0.588. The molecule has 0 amide bonds. The second kappa shape index (κ2) is 5.93. The molecule has 0 radical (unpaired) electrons. The van der Waals surface area contributed by atoms with E-state index in [9.17, 15) is 4.39 Å². The van der Waals surface area contributed by atoms with E-state index >= 15 is 0 Å². The molecule has 1 aromatic carbocycles. The van der Waals surface area contributed by atoms with Gasteiger partial charge in [-0.2, -0.15) is 5.26 Å². The van der Waals surface area contributed by atoms with E-state index in [2.05, 4.69) is 4.90 Å². The third kappa shape index (κ3) is 2.58. The third-order valence-electron chi connectivity index (χ3n) is 4.93. The molecule has 1 atom stereocenters. The van der Waals surface area contributed by atoms with Crippen molar-refractivity contribution in [2.75, 3.05) is 6.54 Å². The first-order chi connectivity index (χ1) is 9.79. The number of benzene rings is 1. The molecule has 20 heavy (non-hydrogen) atoms. The highest BCUT2D eigenvalue weighted by molar-refractivity contribution is 5.35. The minimum atomic E-state index is -0.327. The maximum atomic E-state index is 14.2. The number of nitrogens with zero attached hydrogens (tertiary/aromatic N) is 2. The normalized spacial score (nSPS) is 24.1. The molecular weight excluding hydrogens is 251 g/mol. The molecule has 3 rings (SSSR count). The van der Waals surface area contributed by atoms with Crippen LogP contribution in [0.4, 0.5) is 4.39 Å². The molecule has 2 fully saturated rings. The van der Waals surface area contributed by atoms with Crippen molar-refractivity contribution in [3.8, 4) is 6.07 Å². The standard InChI is InChI=1S/C17H21FN2/c18-17-14(11-19)7-3-8-15(17)12-20-10-4-9-16(20)13-5-1-2-6-13/h3,7-8,13,16H,1-2,4-6,9-10,12H2. The molecule has 1 heterocycles. The van der Waals surface area contributed by atoms with E-state index in [0.29, 0.717) is 18.2 Å². The van der Waals surface area contributed by atoms with Crippen molar-refractivity contribution in [3.63, 3.8) is 0 Å². The van der Waals surface area contributed by atoms with Crippen molar-refractivity contribution in [2.24, 2.45) is 5.92 Å². The lowest BCUT2D eigenvalue weighted by molar-refractivity contribution is 0.181. The highest BCUT2D eigenvalue weighted by atomic mass is 19.1. The summed E-state index contributed by atoms with van der Waals surface area (Å²) in [5, 5.41) is 8.92. The number of halogens is 1. The summed E-state index contributed by atoms with van der Waals surface area (Å²) in [5.74, 6) is 0.479. The average Bonchev–Trinajstić information content (AvgIpc) is 3.11. The summed E-state index contributed by atoms with van der Waals surface area (Å²) in [7, 11) is 0. The Hall–Kier alpha value is -1.40. The van der Waals surface area contributed by atoms with Gasteiger partial charge in [0.05, 0.1) is 5.56 Å². The van der Waals surface area contributed by atoms with E-state index < -0.39 is 0 Å². The molecule has 1 aliphatic carbocycles. The molecule has 2 nitrogen and oxygen atoms in total. The molecule has 0 N–H and O–H groups in total. The van der Waals surface area contributed by atoms with Gasteiger partial charge in [0.2, 0.25) is 0 Å². The predicted octanol–water partition coefficient (Wildman–Crippen LogP) is 3.85. The molecule has 0 bridgehead atoms. The maximum absolute atomic E-state index is 14.2. The Labute approximate surface area is 120 Å². The minimum Gasteiger partial charge on any atom is -0.296 e. The van der Waals surface area contributed by atoms with Gasteiger partial charge in [0.25, 0.3) is 0 Å². The zero-order valence-electron chi connectivity index (χ0n) is 11.8. The second-order valence-electron chi connectivity index (χ2n) is 6.12. The molecule has 0 aromatic heterocycles. The van der Waals surface area contributed by atoms with Crippen LogP contribution in [-0.4, -0.2) is 17.5 Å². The first-order valence-corrected chi connectivity index (χ1v) is 7.71. The smallest absolute Gasteiger partial charge is 0.145 e. The Kier molecular flexibility index (Phi) is 4.03. The molecular formula is C17H21FN2. The molecule has 106 valence electrons. The quantitative estimate of drug-likeness (QED) is 0.835. The topological polar surface area (TPSA) is 27.0 Å². The monoisotopic (exact) mass is 272 g/mol. The van der Waals surface area contributed by atoms with Crippen LogP contribution in [0.3, 0.4) is 0 Å². The molecule has 1 saturated carbocycles. The van der Waals surface area contributed by atoms with Gasteiger partial charge in [0.1, 0.15) is 11.9 Å². The van der Waals surface area contributed by atoms with Crippen LogP contribution in [0, 0.1) is 23.1 Å². The predicted molar refractivity (Wildman–Crippen MR) is 76.5 cm³/mol. The number of likely N-dealkylation sites (tertiary alicyclic amines) is 1. The van der Waals surface area contributed by atoms with Crippen LogP contribution in [0.5, 0.6) is 0 Å². The molecule has 3 heteroatoms. The summed E-state index contributed by atoms with van der Waals surface area (Å²) in [4.78, 5) is 2.44. The summed E-state index contributed by atoms with van der Waals surface area (Å²) in [5.41, 5.74) is 0.841. The fourth-order valence-electron chi connectivity index (χ4n) is 3.93. The molecule has 1 aliphatic heterocycles. The lowest BCUT2D eigenvalue weighted by atomic mass is 9.95. The molecule has 2 aliphatic rings. The van der Waals surface area contributed by atoms with Gasteiger partial charge in [-0.15, -0.1) is 0 Å². The first kappa shape index (κ1) is 13.6. The summed E-state index contributed by atoms with van der Waals surface area (Å²) in [6.07, 6.45) is 7.86. The zero-order chi connectivity index (χ0) is 13.9. The molecule has 1 saturated heterocycles. The molecule has 1 unspecified atom stereocenters. The Morgan fingerprint density at radius 1 is 1.20 bits per heavy atom. The van der Waals surface area contributed by atoms with Crippen LogP contribution < -0.4 is 0 Å². The second-order valence-corrected chi connectivity index (χ2v) is 6.12. The van der Waals surface area contributed by atoms with Crippen LogP contribution in [0.2, 0.25) is 0 Å². The maximum Gasteiger partial charge on any atom is 0.145 e. The Bertz CT molecular complexity index is 514. The van der Waals surface area contributed by atoms with Crippen molar-refractivity contribution in [1.82, 2.24) is 4.90 Å². The first-order valence-electron chi connectivity index (χ1n) is 7.71. The van der Waals surface area contributed by atoms with E-state index in [1.165, 1.54) is 38.5 Å². The van der Waals surface area contributed by atoms with Crippen LogP contribution in [0.15, 0.2) is 18.2 Å². The largest absolute Gasteiger partial charge is 0.296 e. The average molecular weight is 272 g/mol. The zero-order valence-corrected chi connectivity index (χ0v) is 11.8. The Balaban J connectivity index is 1.75. The van der Waals surface area contributed by atoms with Crippen molar-refractivity contribution in [2.45, 2.75) is 51.1 Å². The number of rotatable bonds is 3. The van der Waals surface area contributed by atoms with E-state index in [1.54, 1.807) is 12.1 Å². The van der Waals surface area contributed by atoms with Crippen molar-refractivity contribution < 1.29 is 4.39 Å². The Morgan fingerprint density at radius 2 is 2.00 bits per heavy atom. The van der Waals surface area contributed by atoms with Crippen LogP contribution in [-0.2, 0) is 6.54 Å². The van der Waals surface area contributed by atoms with E-state index in [4.69, 9.17) is 5.26 Å². The summed E-state index contributed by atoms with van der Waals surface area (Å²) < 4.78 is 14.2. The van der Waals surface area contributed by atoms with Gasteiger partial charge >= 0.3 is 0 Å². The third-order valence-corrected chi connectivity index (χ3v) is 4.93. The lowest BCUT2D eigenvalue weighted by Crippen LogP contribution is -2.34. The number of hydrogen-bond donors (Lipinski definition) is 0. The lowest BCUT2D eigenvalue weighted by Gasteiger charge is -2.29. The van der Waals surface area contributed by atoms with Crippen molar-refractivity contribution >= 4 is 0 Å². The highest BCUT2D eigenvalue weighted by Crippen LogP contribution is 2.36. The van der Waals surface area contributed by atoms with Crippen molar-refractivity contribution in [3.05, 3.63) is 35.1 Å². The van der Waals surface area contributed by atoms with E-state index in [1.807, 2.05) is 12.1 Å². The van der Waals surface area contributed by atoms with Gasteiger partial charge in [-0.3, -0.25) is 4.90 Å². The van der Waals surface area contributed by atoms with Crippen LogP contribution in [0.25, 0.3) is 0 Å². The van der Waals surface area contributed by atoms with Gasteiger partial charge in [0.15, 0.2) is 0 Å². The van der Waals surface area contributed by atoms with Crippen LogP contribution in [0.1, 0.15) is 49.7 Å². The highest BCUT2D eigenvalue weighted by Gasteiger charge is 2.33. The van der Waals surface area contributed by atoms with Gasteiger partial charge in [-0.05, 0) is 44.2 Å². The minimum absolute atomic E-state index is 0.166. The van der Waals surface area contributed by atoms with Crippen LogP contribution >= 0.6 is 0 Å². The summed E-state index contributed by atoms with van der Waals surface area (Å²) in [6.45, 7) is 1.72. The number of hydrogen-bond acceptors (Lipinski definition) is 2. The van der Waals surface area contributed by atoms with Crippen molar-refractivity contribution in [1.29, 1.82) is 5.26 Å². The molecule has 0 spiro atoms. The SMILES string of the molecule is N#Cc1cccc(CN2CCCC2C2CCCC2)c1F. The molecule has 1 aromatic rings.